The molecule has 8 nitrogen and oxygen atoms in total. The van der Waals surface area contributed by atoms with Gasteiger partial charge in [0, 0.05) is 28.7 Å². The van der Waals surface area contributed by atoms with Gasteiger partial charge in [-0.2, -0.15) is 10.2 Å². The summed E-state index contributed by atoms with van der Waals surface area (Å²) in [4.78, 5) is 15.9. The van der Waals surface area contributed by atoms with Gasteiger partial charge in [0.1, 0.15) is 6.33 Å². The molecule has 0 bridgehead atoms. The number of carbonyl (C=O) groups is 1. The van der Waals surface area contributed by atoms with Crippen LogP contribution < -0.4 is 10.6 Å². The highest BCUT2D eigenvalue weighted by Gasteiger charge is 2.12. The minimum Gasteiger partial charge on any atom is -0.338 e. The molecule has 0 saturated heterocycles. The Morgan fingerprint density at radius 3 is 2.85 bits per heavy atom. The molecule has 0 atom stereocenters. The topological polar surface area (TPSA) is 111 Å². The number of fused-ring (bicyclic) bond motifs is 1. The number of anilines is 1. The summed E-state index contributed by atoms with van der Waals surface area (Å²) in [5.41, 5.74) is 4.23. The predicted octanol–water partition coefficient (Wildman–Crippen LogP) is 3.16. The molecule has 2 aromatic carbocycles. The zero-order valence-electron chi connectivity index (χ0n) is 14.1. The zero-order valence-corrected chi connectivity index (χ0v) is 14.1. The Bertz CT molecular complexity index is 1050. The fourth-order valence-corrected chi connectivity index (χ4v) is 2.80. The monoisotopic (exact) mass is 347 g/mol. The fourth-order valence-electron chi connectivity index (χ4n) is 2.80. The van der Waals surface area contributed by atoms with E-state index in [2.05, 4.69) is 36.0 Å². The fraction of sp³-hybridized carbons (Fsp3) is 0.111. The lowest BCUT2D eigenvalue weighted by Gasteiger charge is -2.07. The number of hydrogen-bond acceptors (Lipinski definition) is 4. The van der Waals surface area contributed by atoms with Crippen LogP contribution in [0.4, 0.5) is 10.5 Å². The number of benzene rings is 2. The van der Waals surface area contributed by atoms with Gasteiger partial charge in [0.2, 0.25) is 0 Å². The lowest BCUT2D eigenvalue weighted by Crippen LogP contribution is -2.28. The Kier molecular flexibility index (Phi) is 4.06. The van der Waals surface area contributed by atoms with E-state index in [0.29, 0.717) is 18.1 Å². The van der Waals surface area contributed by atoms with Crippen molar-refractivity contribution in [1.82, 2.24) is 30.7 Å². The van der Waals surface area contributed by atoms with Crippen molar-refractivity contribution in [3.05, 3.63) is 48.8 Å². The first-order valence-corrected chi connectivity index (χ1v) is 8.24. The predicted molar refractivity (Wildman–Crippen MR) is 99.6 cm³/mol. The molecule has 2 aromatic heterocycles. The number of rotatable bonds is 4. The van der Waals surface area contributed by atoms with Crippen molar-refractivity contribution in [1.29, 1.82) is 0 Å². The van der Waals surface area contributed by atoms with E-state index in [9.17, 15) is 4.79 Å². The van der Waals surface area contributed by atoms with Crippen molar-refractivity contribution in [3.8, 4) is 22.6 Å². The van der Waals surface area contributed by atoms with Crippen molar-refractivity contribution in [3.63, 3.8) is 0 Å². The first-order valence-electron chi connectivity index (χ1n) is 8.24. The second-order valence-corrected chi connectivity index (χ2v) is 5.72. The molecule has 0 aliphatic rings. The van der Waals surface area contributed by atoms with E-state index in [1.807, 2.05) is 49.4 Å². The molecule has 0 spiro atoms. The molecule has 0 unspecified atom stereocenters. The molecular formula is C18H17N7O. The molecule has 2 amide bonds. The number of urea groups is 1. The highest BCUT2D eigenvalue weighted by Crippen LogP contribution is 2.30. The zero-order chi connectivity index (χ0) is 17.9. The highest BCUT2D eigenvalue weighted by atomic mass is 16.2. The number of carbonyl (C=O) groups excluding carboxylic acids is 1. The summed E-state index contributed by atoms with van der Waals surface area (Å²) in [5, 5.41) is 20.8. The number of amides is 2. The lowest BCUT2D eigenvalue weighted by molar-refractivity contribution is 0.252. The lowest BCUT2D eigenvalue weighted by atomic mass is 10.0. The van der Waals surface area contributed by atoms with Gasteiger partial charge in [-0.25, -0.2) is 9.78 Å². The van der Waals surface area contributed by atoms with Crippen LogP contribution in [0.25, 0.3) is 33.5 Å². The second-order valence-electron chi connectivity index (χ2n) is 5.72. The maximum absolute atomic E-state index is 11.7. The van der Waals surface area contributed by atoms with Gasteiger partial charge in [-0.05, 0) is 37.3 Å². The second kappa shape index (κ2) is 6.67. The Labute approximate surface area is 149 Å². The van der Waals surface area contributed by atoms with Gasteiger partial charge in [-0.1, -0.05) is 12.1 Å². The number of aromatic nitrogens is 5. The number of nitrogens with one attached hydrogen (secondary N) is 4. The number of nitrogens with zero attached hydrogens (tertiary/aromatic N) is 3. The third kappa shape index (κ3) is 3.00. The smallest absolute Gasteiger partial charge is 0.319 e. The quantitative estimate of drug-likeness (QED) is 0.454. The normalized spacial score (nSPS) is 10.8. The van der Waals surface area contributed by atoms with Gasteiger partial charge >= 0.3 is 6.03 Å². The van der Waals surface area contributed by atoms with E-state index >= 15 is 0 Å². The van der Waals surface area contributed by atoms with Crippen molar-refractivity contribution >= 4 is 22.6 Å². The van der Waals surface area contributed by atoms with E-state index in [-0.39, 0.29) is 6.03 Å². The van der Waals surface area contributed by atoms with Crippen molar-refractivity contribution in [2.24, 2.45) is 0 Å². The molecule has 4 aromatic rings. The van der Waals surface area contributed by atoms with Gasteiger partial charge in [0.05, 0.1) is 11.2 Å². The molecule has 0 radical (unpaired) electrons. The van der Waals surface area contributed by atoms with Crippen LogP contribution in [0.15, 0.2) is 48.8 Å². The summed E-state index contributed by atoms with van der Waals surface area (Å²) >= 11 is 0. The third-order valence-corrected chi connectivity index (χ3v) is 3.97. The average molecular weight is 347 g/mol. The molecule has 130 valence electrons. The molecule has 26 heavy (non-hydrogen) atoms. The molecule has 0 fully saturated rings. The van der Waals surface area contributed by atoms with Crippen LogP contribution in [0, 0.1) is 0 Å². The third-order valence-electron chi connectivity index (χ3n) is 3.97. The summed E-state index contributed by atoms with van der Waals surface area (Å²) in [6.07, 6.45) is 1.55. The first-order chi connectivity index (χ1) is 12.7. The van der Waals surface area contributed by atoms with Gasteiger partial charge < -0.3 is 10.6 Å². The number of aromatic amines is 2. The van der Waals surface area contributed by atoms with Gasteiger partial charge in [0.25, 0.3) is 0 Å². The maximum atomic E-state index is 11.7. The largest absolute Gasteiger partial charge is 0.338 e. The van der Waals surface area contributed by atoms with E-state index < -0.39 is 0 Å². The summed E-state index contributed by atoms with van der Waals surface area (Å²) in [7, 11) is 0. The van der Waals surface area contributed by atoms with Crippen molar-refractivity contribution in [2.75, 3.05) is 11.9 Å². The molecule has 8 heteroatoms. The summed E-state index contributed by atoms with van der Waals surface area (Å²) in [5.74, 6) is 0.630. The molecular weight excluding hydrogens is 330 g/mol. The van der Waals surface area contributed by atoms with Crippen LogP contribution in [0.1, 0.15) is 6.92 Å². The summed E-state index contributed by atoms with van der Waals surface area (Å²) in [6.45, 7) is 2.44. The molecule has 4 rings (SSSR count). The van der Waals surface area contributed by atoms with E-state index in [1.165, 1.54) is 0 Å². The van der Waals surface area contributed by atoms with Crippen LogP contribution in [-0.2, 0) is 0 Å². The van der Waals surface area contributed by atoms with Crippen LogP contribution in [0.5, 0.6) is 0 Å². The molecule has 0 aliphatic heterocycles. The van der Waals surface area contributed by atoms with E-state index in [4.69, 9.17) is 0 Å². The highest BCUT2D eigenvalue weighted by molar-refractivity contribution is 5.96. The summed E-state index contributed by atoms with van der Waals surface area (Å²) < 4.78 is 0. The molecule has 0 saturated carbocycles. The SMILES string of the molecule is CCNC(=O)Nc1cccc(-c2n[nH]c3ccc(-c4nc[nH]n4)cc23)c1. The molecule has 0 aliphatic carbocycles. The Hall–Kier alpha value is -3.68. The Balaban J connectivity index is 1.72. The Morgan fingerprint density at radius 1 is 1.12 bits per heavy atom. The van der Waals surface area contributed by atoms with Gasteiger partial charge in [-0.3, -0.25) is 10.2 Å². The minimum atomic E-state index is -0.233. The average Bonchev–Trinajstić information content (AvgIpc) is 3.31. The Morgan fingerprint density at radius 2 is 2.04 bits per heavy atom. The van der Waals surface area contributed by atoms with Crippen LogP contribution in [0.2, 0.25) is 0 Å². The van der Waals surface area contributed by atoms with Crippen molar-refractivity contribution in [2.45, 2.75) is 6.92 Å². The minimum absolute atomic E-state index is 0.233. The van der Waals surface area contributed by atoms with Crippen LogP contribution >= 0.6 is 0 Å². The van der Waals surface area contributed by atoms with E-state index in [1.54, 1.807) is 6.33 Å². The molecule has 2 heterocycles. The van der Waals surface area contributed by atoms with Crippen molar-refractivity contribution < 1.29 is 4.79 Å². The molecule has 4 N–H and O–H groups in total. The number of hydrogen-bond donors (Lipinski definition) is 4. The number of H-pyrrole nitrogens is 2. The van der Waals surface area contributed by atoms with Gasteiger partial charge in [0.15, 0.2) is 5.82 Å². The first kappa shape index (κ1) is 15.8. The maximum Gasteiger partial charge on any atom is 0.319 e. The standard InChI is InChI=1S/C18H17N7O/c1-2-19-18(26)22-13-5-3-4-11(8-13)16-14-9-12(17-20-10-21-25-17)6-7-15(14)23-24-16/h3-10H,2H2,1H3,(H,23,24)(H2,19,22,26)(H,20,21,25). The summed E-state index contributed by atoms with van der Waals surface area (Å²) in [6, 6.07) is 13.2. The van der Waals surface area contributed by atoms with Crippen LogP contribution in [-0.4, -0.2) is 38.0 Å². The van der Waals surface area contributed by atoms with Crippen LogP contribution in [0.3, 0.4) is 0 Å². The van der Waals surface area contributed by atoms with E-state index in [0.717, 1.165) is 27.7 Å². The van der Waals surface area contributed by atoms with Gasteiger partial charge in [-0.15, -0.1) is 0 Å².